The van der Waals surface area contributed by atoms with E-state index in [1.165, 1.54) is 0 Å². The molecule has 1 rings (SSSR count). The first kappa shape index (κ1) is 6.81. The molecule has 3 nitrogen and oxygen atoms in total. The second-order valence-electron chi connectivity index (χ2n) is 2.45. The van der Waals surface area contributed by atoms with Crippen molar-refractivity contribution in [3.8, 4) is 6.07 Å². The van der Waals surface area contributed by atoms with Crippen LogP contribution in [-0.2, 0) is 0 Å². The van der Waals surface area contributed by atoms with E-state index >= 15 is 0 Å². The highest BCUT2D eigenvalue weighted by Crippen LogP contribution is 2.09. The van der Waals surface area contributed by atoms with Gasteiger partial charge < -0.3 is 4.98 Å². The van der Waals surface area contributed by atoms with Crippen LogP contribution in [0.15, 0.2) is 6.20 Å². The van der Waals surface area contributed by atoms with Crippen LogP contribution in [0, 0.1) is 11.3 Å². The molecule has 0 amide bonds. The lowest BCUT2D eigenvalue weighted by Gasteiger charge is -1.96. The third-order valence-corrected chi connectivity index (χ3v) is 1.32. The predicted octanol–water partition coefficient (Wildman–Crippen LogP) is 1.40. The molecule has 0 aliphatic carbocycles. The molecule has 0 spiro atoms. The number of H-pyrrole nitrogens is 1. The number of aromatic amines is 1. The Labute approximate surface area is 59.7 Å². The van der Waals surface area contributed by atoms with Gasteiger partial charge in [0.05, 0.1) is 0 Å². The SMILES string of the molecule is CC(C)c1cnc(C#N)[nH]1. The molecule has 0 saturated heterocycles. The van der Waals surface area contributed by atoms with E-state index < -0.39 is 0 Å². The molecule has 52 valence electrons. The molecule has 1 aromatic heterocycles. The summed E-state index contributed by atoms with van der Waals surface area (Å²) in [5.74, 6) is 0.804. The van der Waals surface area contributed by atoms with Gasteiger partial charge in [0.2, 0.25) is 5.82 Å². The Bertz CT molecular complexity index is 254. The van der Waals surface area contributed by atoms with Crippen molar-refractivity contribution in [2.75, 3.05) is 0 Å². The Morgan fingerprint density at radius 3 is 2.70 bits per heavy atom. The summed E-state index contributed by atoms with van der Waals surface area (Å²) in [7, 11) is 0. The van der Waals surface area contributed by atoms with Crippen molar-refractivity contribution >= 4 is 0 Å². The van der Waals surface area contributed by atoms with Crippen LogP contribution in [0.3, 0.4) is 0 Å². The molecular formula is C7H9N3. The Kier molecular flexibility index (Phi) is 1.72. The van der Waals surface area contributed by atoms with E-state index in [0.29, 0.717) is 11.7 Å². The predicted molar refractivity (Wildman–Crippen MR) is 37.4 cm³/mol. The fourth-order valence-electron chi connectivity index (χ4n) is 0.686. The van der Waals surface area contributed by atoms with E-state index in [1.807, 2.05) is 6.07 Å². The molecular weight excluding hydrogens is 126 g/mol. The zero-order chi connectivity index (χ0) is 7.56. The number of nitriles is 1. The number of hydrogen-bond donors (Lipinski definition) is 1. The van der Waals surface area contributed by atoms with E-state index in [1.54, 1.807) is 6.20 Å². The Balaban J connectivity index is 2.91. The quantitative estimate of drug-likeness (QED) is 0.632. The average molecular weight is 135 g/mol. The summed E-state index contributed by atoms with van der Waals surface area (Å²) in [4.78, 5) is 6.73. The van der Waals surface area contributed by atoms with Crippen LogP contribution in [0.2, 0.25) is 0 Å². The molecule has 0 fully saturated rings. The molecule has 10 heavy (non-hydrogen) atoms. The molecule has 0 aliphatic rings. The van der Waals surface area contributed by atoms with Crippen molar-refractivity contribution in [1.82, 2.24) is 9.97 Å². The fraction of sp³-hybridized carbons (Fsp3) is 0.429. The highest BCUT2D eigenvalue weighted by atomic mass is 14.9. The summed E-state index contributed by atoms with van der Waals surface area (Å²) in [5.41, 5.74) is 1.01. The summed E-state index contributed by atoms with van der Waals surface area (Å²) in [6.07, 6.45) is 1.70. The van der Waals surface area contributed by atoms with Gasteiger partial charge in [0.1, 0.15) is 6.07 Å². The maximum Gasteiger partial charge on any atom is 0.210 e. The molecule has 3 heteroatoms. The molecule has 0 saturated carbocycles. The van der Waals surface area contributed by atoms with E-state index in [4.69, 9.17) is 5.26 Å². The maximum absolute atomic E-state index is 8.39. The molecule has 0 unspecified atom stereocenters. The monoisotopic (exact) mass is 135 g/mol. The summed E-state index contributed by atoms with van der Waals surface area (Å²) in [6, 6.07) is 1.94. The topological polar surface area (TPSA) is 52.5 Å². The van der Waals surface area contributed by atoms with Crippen LogP contribution in [-0.4, -0.2) is 9.97 Å². The van der Waals surface area contributed by atoms with Gasteiger partial charge in [-0.15, -0.1) is 0 Å². The standard InChI is InChI=1S/C7H9N3/c1-5(2)6-4-9-7(3-8)10-6/h4-5H,1-2H3,(H,9,10). The second-order valence-corrected chi connectivity index (χ2v) is 2.45. The number of nitrogens with one attached hydrogen (secondary N) is 1. The molecule has 0 radical (unpaired) electrons. The lowest BCUT2D eigenvalue weighted by Crippen LogP contribution is -1.85. The van der Waals surface area contributed by atoms with Gasteiger partial charge in [-0.3, -0.25) is 0 Å². The highest BCUT2D eigenvalue weighted by molar-refractivity contribution is 5.15. The minimum absolute atomic E-state index is 0.392. The zero-order valence-corrected chi connectivity index (χ0v) is 6.05. The van der Waals surface area contributed by atoms with Gasteiger partial charge in [-0.1, -0.05) is 13.8 Å². The van der Waals surface area contributed by atoms with Crippen molar-refractivity contribution in [3.05, 3.63) is 17.7 Å². The van der Waals surface area contributed by atoms with Crippen LogP contribution in [0.25, 0.3) is 0 Å². The summed E-state index contributed by atoms with van der Waals surface area (Å²) in [5, 5.41) is 8.39. The number of rotatable bonds is 1. The van der Waals surface area contributed by atoms with Crippen molar-refractivity contribution in [2.45, 2.75) is 19.8 Å². The summed E-state index contributed by atoms with van der Waals surface area (Å²) >= 11 is 0. The Morgan fingerprint density at radius 2 is 2.40 bits per heavy atom. The van der Waals surface area contributed by atoms with Crippen LogP contribution in [0.5, 0.6) is 0 Å². The molecule has 1 aromatic rings. The van der Waals surface area contributed by atoms with Crippen LogP contribution >= 0.6 is 0 Å². The molecule has 0 aliphatic heterocycles. The van der Waals surface area contributed by atoms with Crippen LogP contribution in [0.4, 0.5) is 0 Å². The lowest BCUT2D eigenvalue weighted by molar-refractivity contribution is 0.831. The second kappa shape index (κ2) is 2.53. The van der Waals surface area contributed by atoms with Crippen molar-refractivity contribution in [2.24, 2.45) is 0 Å². The van der Waals surface area contributed by atoms with E-state index in [0.717, 1.165) is 5.69 Å². The van der Waals surface area contributed by atoms with Gasteiger partial charge >= 0.3 is 0 Å². The first-order valence-electron chi connectivity index (χ1n) is 3.19. The third-order valence-electron chi connectivity index (χ3n) is 1.32. The van der Waals surface area contributed by atoms with Gasteiger partial charge in [0, 0.05) is 11.9 Å². The fourth-order valence-corrected chi connectivity index (χ4v) is 0.686. The van der Waals surface area contributed by atoms with Gasteiger partial charge in [-0.25, -0.2) is 4.98 Å². The Morgan fingerprint density at radius 1 is 1.70 bits per heavy atom. The first-order chi connectivity index (χ1) is 4.74. The van der Waals surface area contributed by atoms with E-state index in [2.05, 4.69) is 23.8 Å². The number of aromatic nitrogens is 2. The zero-order valence-electron chi connectivity index (χ0n) is 6.05. The normalized spacial score (nSPS) is 9.80. The average Bonchev–Trinajstić information content (AvgIpc) is 2.34. The maximum atomic E-state index is 8.39. The molecule has 0 atom stereocenters. The molecule has 0 bridgehead atoms. The van der Waals surface area contributed by atoms with Crippen molar-refractivity contribution in [3.63, 3.8) is 0 Å². The molecule has 1 N–H and O–H groups in total. The van der Waals surface area contributed by atoms with Gasteiger partial charge in [-0.05, 0) is 5.92 Å². The van der Waals surface area contributed by atoms with Crippen LogP contribution in [0.1, 0.15) is 31.3 Å². The highest BCUT2D eigenvalue weighted by Gasteiger charge is 2.01. The molecule has 0 aromatic carbocycles. The summed E-state index contributed by atoms with van der Waals surface area (Å²) in [6.45, 7) is 4.10. The van der Waals surface area contributed by atoms with Gasteiger partial charge in [-0.2, -0.15) is 5.26 Å². The first-order valence-corrected chi connectivity index (χ1v) is 3.19. The van der Waals surface area contributed by atoms with E-state index in [9.17, 15) is 0 Å². The minimum atomic E-state index is 0.392. The number of nitrogens with zero attached hydrogens (tertiary/aromatic N) is 2. The van der Waals surface area contributed by atoms with Gasteiger partial charge in [0.25, 0.3) is 0 Å². The van der Waals surface area contributed by atoms with Crippen LogP contribution < -0.4 is 0 Å². The van der Waals surface area contributed by atoms with Crippen molar-refractivity contribution in [1.29, 1.82) is 5.26 Å². The van der Waals surface area contributed by atoms with Gasteiger partial charge in [0.15, 0.2) is 0 Å². The minimum Gasteiger partial charge on any atom is -0.333 e. The Hall–Kier alpha value is -1.30. The number of hydrogen-bond acceptors (Lipinski definition) is 2. The molecule has 1 heterocycles. The van der Waals surface area contributed by atoms with E-state index in [-0.39, 0.29) is 0 Å². The largest absolute Gasteiger partial charge is 0.333 e. The number of imidazole rings is 1. The smallest absolute Gasteiger partial charge is 0.210 e. The van der Waals surface area contributed by atoms with Crippen molar-refractivity contribution < 1.29 is 0 Å². The summed E-state index contributed by atoms with van der Waals surface area (Å²) < 4.78 is 0. The lowest BCUT2D eigenvalue weighted by atomic mass is 10.2. The third kappa shape index (κ3) is 1.16.